The average molecular weight is 511 g/mol. The molecule has 0 spiro atoms. The van der Waals surface area contributed by atoms with Crippen molar-refractivity contribution < 1.29 is 9.53 Å². The average Bonchev–Trinajstić information content (AvgIpc) is 2.93. The molecule has 0 aliphatic carbocycles. The zero-order valence-corrected chi connectivity index (χ0v) is 22.2. The molecular formula is C29H39ClN4O2. The third kappa shape index (κ3) is 11.2. The third-order valence-corrected chi connectivity index (χ3v) is 5.93. The Morgan fingerprint density at radius 1 is 0.806 bits per heavy atom. The Morgan fingerprint density at radius 2 is 1.33 bits per heavy atom. The summed E-state index contributed by atoms with van der Waals surface area (Å²) < 4.78 is 5.20. The standard InChI is InChI=1S/C16H20N2.C13H19ClN2O2/c17-11-12-18(13-15-7-3-1-4-8-15)14-16-9-5-2-6-10-16;1-3-16(4-2)9-10-18-13(17)11-5-7-12(15-14)8-6-11/h1-10H,11-14,17H2;5-8,15H,3-4,9-10H2,1-2H3. The van der Waals surface area contributed by atoms with Gasteiger partial charge in [-0.3, -0.25) is 9.74 Å². The molecule has 3 N–H and O–H groups in total. The summed E-state index contributed by atoms with van der Waals surface area (Å²) in [6.45, 7) is 10.8. The fourth-order valence-electron chi connectivity index (χ4n) is 3.64. The quantitative estimate of drug-likeness (QED) is 0.237. The SMILES string of the molecule is CCN(CC)CCOC(=O)c1ccc(NCl)cc1.NCCN(Cc1ccccc1)Cc1ccccc1. The second kappa shape index (κ2) is 17.5. The monoisotopic (exact) mass is 510 g/mol. The van der Waals surface area contributed by atoms with E-state index in [0.717, 1.165) is 45.0 Å². The minimum absolute atomic E-state index is 0.303. The Morgan fingerprint density at radius 3 is 1.78 bits per heavy atom. The molecule has 0 aliphatic rings. The van der Waals surface area contributed by atoms with Crippen LogP contribution in [0.15, 0.2) is 84.9 Å². The summed E-state index contributed by atoms with van der Waals surface area (Å²) in [7, 11) is 0. The van der Waals surface area contributed by atoms with E-state index >= 15 is 0 Å². The van der Waals surface area contributed by atoms with Crippen LogP contribution in [0.2, 0.25) is 0 Å². The zero-order valence-electron chi connectivity index (χ0n) is 21.4. The number of hydrogen-bond acceptors (Lipinski definition) is 6. The predicted molar refractivity (Wildman–Crippen MR) is 150 cm³/mol. The van der Waals surface area contributed by atoms with Crippen molar-refractivity contribution in [3.05, 3.63) is 102 Å². The molecule has 3 aromatic carbocycles. The molecule has 0 aliphatic heterocycles. The molecule has 3 aromatic rings. The lowest BCUT2D eigenvalue weighted by atomic mass is 10.1. The maximum absolute atomic E-state index is 11.7. The van der Waals surface area contributed by atoms with Crippen molar-refractivity contribution in [3.63, 3.8) is 0 Å². The molecule has 3 rings (SSSR count). The van der Waals surface area contributed by atoms with E-state index < -0.39 is 0 Å². The fraction of sp³-hybridized carbons (Fsp3) is 0.345. The van der Waals surface area contributed by atoms with Crippen LogP contribution in [0.5, 0.6) is 0 Å². The topological polar surface area (TPSA) is 70.8 Å². The second-order valence-electron chi connectivity index (χ2n) is 8.31. The van der Waals surface area contributed by atoms with E-state index in [2.05, 4.69) is 77.0 Å². The molecule has 0 amide bonds. The molecule has 0 radical (unpaired) electrons. The summed E-state index contributed by atoms with van der Waals surface area (Å²) in [4.78, 5) is 18.8. The first-order chi connectivity index (χ1) is 17.6. The van der Waals surface area contributed by atoms with Gasteiger partial charge in [-0.2, -0.15) is 0 Å². The number of nitrogens with two attached hydrogens (primary N) is 1. The Hall–Kier alpha value is -2.90. The molecule has 0 fully saturated rings. The van der Waals surface area contributed by atoms with Crippen LogP contribution in [-0.2, 0) is 17.8 Å². The Labute approximate surface area is 221 Å². The zero-order chi connectivity index (χ0) is 26.0. The number of ether oxygens (including phenoxy) is 1. The van der Waals surface area contributed by atoms with Crippen LogP contribution in [0.3, 0.4) is 0 Å². The summed E-state index contributed by atoms with van der Waals surface area (Å²) in [5, 5.41) is 0. The summed E-state index contributed by atoms with van der Waals surface area (Å²) in [5.74, 6) is -0.303. The van der Waals surface area contributed by atoms with Gasteiger partial charge in [-0.15, -0.1) is 0 Å². The number of benzene rings is 3. The van der Waals surface area contributed by atoms with Gasteiger partial charge >= 0.3 is 5.97 Å². The molecular weight excluding hydrogens is 472 g/mol. The van der Waals surface area contributed by atoms with Crippen molar-refractivity contribution in [1.29, 1.82) is 0 Å². The number of esters is 1. The molecule has 0 aromatic heterocycles. The minimum atomic E-state index is -0.303. The Bertz CT molecular complexity index is 926. The molecule has 36 heavy (non-hydrogen) atoms. The van der Waals surface area contributed by atoms with Gasteiger partial charge in [0.2, 0.25) is 0 Å². The van der Waals surface area contributed by atoms with Gasteiger partial charge in [0.1, 0.15) is 6.61 Å². The first-order valence-electron chi connectivity index (χ1n) is 12.5. The van der Waals surface area contributed by atoms with Crippen LogP contribution < -0.4 is 10.6 Å². The van der Waals surface area contributed by atoms with E-state index in [4.69, 9.17) is 22.2 Å². The number of hydrogen-bond donors (Lipinski definition) is 2. The van der Waals surface area contributed by atoms with Crippen molar-refractivity contribution in [2.45, 2.75) is 26.9 Å². The van der Waals surface area contributed by atoms with Crippen LogP contribution in [0.4, 0.5) is 5.69 Å². The highest BCUT2D eigenvalue weighted by Gasteiger charge is 2.08. The first-order valence-corrected chi connectivity index (χ1v) is 12.8. The van der Waals surface area contributed by atoms with Gasteiger partial charge < -0.3 is 15.4 Å². The lowest BCUT2D eigenvalue weighted by molar-refractivity contribution is 0.0466. The predicted octanol–water partition coefficient (Wildman–Crippen LogP) is 5.40. The molecule has 0 heterocycles. The van der Waals surface area contributed by atoms with Gasteiger partial charge in [0.25, 0.3) is 0 Å². The van der Waals surface area contributed by atoms with Gasteiger partial charge in [-0.1, -0.05) is 74.5 Å². The van der Waals surface area contributed by atoms with Gasteiger partial charge in [-0.25, -0.2) is 4.79 Å². The first kappa shape index (κ1) is 29.3. The van der Waals surface area contributed by atoms with Crippen LogP contribution in [0.1, 0.15) is 35.3 Å². The smallest absolute Gasteiger partial charge is 0.338 e. The molecule has 0 bridgehead atoms. The van der Waals surface area contributed by atoms with E-state index in [1.807, 2.05) is 12.1 Å². The van der Waals surface area contributed by atoms with Gasteiger partial charge in [0.05, 0.1) is 5.56 Å². The van der Waals surface area contributed by atoms with Crippen molar-refractivity contribution in [2.75, 3.05) is 44.2 Å². The third-order valence-electron chi connectivity index (χ3n) is 5.71. The number of nitrogens with one attached hydrogen (secondary N) is 1. The molecule has 194 valence electrons. The van der Waals surface area contributed by atoms with Crippen molar-refractivity contribution in [1.82, 2.24) is 9.80 Å². The van der Waals surface area contributed by atoms with E-state index in [9.17, 15) is 4.79 Å². The van der Waals surface area contributed by atoms with Gasteiger partial charge in [0.15, 0.2) is 0 Å². The lowest BCUT2D eigenvalue weighted by Gasteiger charge is -2.21. The fourth-order valence-corrected chi connectivity index (χ4v) is 3.77. The molecule has 6 nitrogen and oxygen atoms in total. The number of rotatable bonds is 13. The second-order valence-corrected chi connectivity index (χ2v) is 8.49. The van der Waals surface area contributed by atoms with E-state index in [0.29, 0.717) is 18.7 Å². The molecule has 0 unspecified atom stereocenters. The molecule has 0 saturated carbocycles. The van der Waals surface area contributed by atoms with E-state index in [-0.39, 0.29) is 5.97 Å². The summed E-state index contributed by atoms with van der Waals surface area (Å²) in [6.07, 6.45) is 0. The summed E-state index contributed by atoms with van der Waals surface area (Å²) in [5.41, 5.74) is 9.64. The number of likely N-dealkylation sites (N-methyl/N-ethyl adjacent to an activating group) is 1. The highest BCUT2D eigenvalue weighted by molar-refractivity contribution is 6.23. The largest absolute Gasteiger partial charge is 0.461 e. The maximum Gasteiger partial charge on any atom is 0.338 e. The van der Waals surface area contributed by atoms with Crippen LogP contribution >= 0.6 is 11.8 Å². The minimum Gasteiger partial charge on any atom is -0.461 e. The highest BCUT2D eigenvalue weighted by atomic mass is 35.5. The van der Waals surface area contributed by atoms with Crippen LogP contribution in [0, 0.1) is 0 Å². The van der Waals surface area contributed by atoms with E-state index in [1.54, 1.807) is 24.3 Å². The molecule has 0 atom stereocenters. The van der Waals surface area contributed by atoms with E-state index in [1.165, 1.54) is 11.1 Å². The molecule has 7 heteroatoms. The summed E-state index contributed by atoms with van der Waals surface area (Å²) in [6, 6.07) is 27.9. The summed E-state index contributed by atoms with van der Waals surface area (Å²) >= 11 is 5.44. The molecule has 0 saturated heterocycles. The number of halogens is 1. The normalized spacial score (nSPS) is 10.6. The maximum atomic E-state index is 11.7. The Balaban J connectivity index is 0.000000254. The number of nitrogens with zero attached hydrogens (tertiary/aromatic N) is 2. The van der Waals surface area contributed by atoms with Crippen molar-refractivity contribution in [2.24, 2.45) is 5.73 Å². The van der Waals surface area contributed by atoms with Gasteiger partial charge in [-0.05, 0) is 48.5 Å². The van der Waals surface area contributed by atoms with Gasteiger partial charge in [0, 0.05) is 50.2 Å². The number of carbonyl (C=O) groups excluding carboxylic acids is 1. The van der Waals surface area contributed by atoms with Crippen LogP contribution in [0.25, 0.3) is 0 Å². The van der Waals surface area contributed by atoms with Crippen LogP contribution in [-0.4, -0.2) is 55.1 Å². The van der Waals surface area contributed by atoms with Crippen molar-refractivity contribution >= 4 is 23.4 Å². The number of carbonyl (C=O) groups is 1. The Kier molecular flexibility index (Phi) is 14.3. The number of anilines is 1. The van der Waals surface area contributed by atoms with Crippen molar-refractivity contribution in [3.8, 4) is 0 Å². The lowest BCUT2D eigenvalue weighted by Crippen LogP contribution is -2.28. The highest BCUT2D eigenvalue weighted by Crippen LogP contribution is 2.11.